The number of ether oxygens (including phenoxy) is 3. The molecule has 1 heterocycles. The number of rotatable bonds is 13. The van der Waals surface area contributed by atoms with Crippen molar-refractivity contribution in [2.24, 2.45) is 0 Å². The lowest BCUT2D eigenvalue weighted by Gasteiger charge is -2.28. The summed E-state index contributed by atoms with van der Waals surface area (Å²) in [5, 5.41) is 6.09. The molecule has 5 rings (SSSR count). The summed E-state index contributed by atoms with van der Waals surface area (Å²) in [5.74, 6) is 1.03. The minimum Gasteiger partial charge on any atom is -0.493 e. The molecule has 4 aromatic carbocycles. The second-order valence-corrected chi connectivity index (χ2v) is 10.5. The first-order valence-corrected chi connectivity index (χ1v) is 14.6. The minimum absolute atomic E-state index is 0.110. The van der Waals surface area contributed by atoms with Crippen molar-refractivity contribution in [2.75, 3.05) is 52.9 Å². The summed E-state index contributed by atoms with van der Waals surface area (Å²) < 4.78 is 16.2. The highest BCUT2D eigenvalue weighted by molar-refractivity contribution is 6.02. The van der Waals surface area contributed by atoms with Gasteiger partial charge in [0, 0.05) is 49.2 Å². The molecule has 0 radical (unpaired) electrons. The van der Waals surface area contributed by atoms with Gasteiger partial charge in [-0.2, -0.15) is 0 Å². The quantitative estimate of drug-likeness (QED) is 0.172. The van der Waals surface area contributed by atoms with Crippen LogP contribution in [-0.2, 0) is 22.5 Å². The van der Waals surface area contributed by atoms with E-state index in [1.807, 2.05) is 85.1 Å². The van der Waals surface area contributed by atoms with E-state index in [1.54, 1.807) is 26.2 Å². The van der Waals surface area contributed by atoms with Gasteiger partial charge in [-0.25, -0.2) is 4.79 Å². The van der Waals surface area contributed by atoms with Crippen molar-refractivity contribution in [3.05, 3.63) is 102 Å². The highest BCUT2D eigenvalue weighted by atomic mass is 16.5. The summed E-state index contributed by atoms with van der Waals surface area (Å²) in [6.45, 7) is 1.23. The number of anilines is 1. The van der Waals surface area contributed by atoms with Gasteiger partial charge < -0.3 is 34.3 Å². The molecule has 0 saturated carbocycles. The number of fused-ring (bicyclic) bond motifs is 2. The maximum atomic E-state index is 14.0. The zero-order valence-corrected chi connectivity index (χ0v) is 25.3. The Hall–Kier alpha value is -5.02. The number of carbonyl (C=O) groups excluding carboxylic acids is 2. The van der Waals surface area contributed by atoms with Crippen molar-refractivity contribution in [1.29, 1.82) is 0 Å². The first-order chi connectivity index (χ1) is 21.5. The molecule has 0 aliphatic rings. The van der Waals surface area contributed by atoms with Gasteiger partial charge in [-0.1, -0.05) is 60.7 Å². The van der Waals surface area contributed by atoms with Crippen molar-refractivity contribution in [2.45, 2.75) is 13.0 Å². The Morgan fingerprint density at radius 1 is 0.795 bits per heavy atom. The number of H-pyrrole nitrogens is 1. The van der Waals surface area contributed by atoms with Crippen LogP contribution in [0.3, 0.4) is 0 Å². The van der Waals surface area contributed by atoms with E-state index in [1.165, 1.54) is 4.90 Å². The number of urea groups is 1. The van der Waals surface area contributed by atoms with Crippen molar-refractivity contribution in [3.8, 4) is 11.5 Å². The number of nitrogens with one attached hydrogen (secondary N) is 2. The van der Waals surface area contributed by atoms with Crippen LogP contribution in [0.4, 0.5) is 10.5 Å². The second kappa shape index (κ2) is 14.4. The highest BCUT2D eigenvalue weighted by Gasteiger charge is 2.23. The number of aromatic nitrogens is 1. The molecule has 0 atom stereocenters. The van der Waals surface area contributed by atoms with Gasteiger partial charge in [-0.3, -0.25) is 4.79 Å². The zero-order chi connectivity index (χ0) is 30.9. The van der Waals surface area contributed by atoms with Gasteiger partial charge in [0.25, 0.3) is 0 Å². The van der Waals surface area contributed by atoms with E-state index in [9.17, 15) is 9.59 Å². The van der Waals surface area contributed by atoms with E-state index >= 15 is 0 Å². The molecule has 9 nitrogen and oxygen atoms in total. The average Bonchev–Trinajstić information content (AvgIpc) is 3.47. The molecule has 0 spiro atoms. The van der Waals surface area contributed by atoms with E-state index in [0.717, 1.165) is 32.8 Å². The molecular weight excluding hydrogens is 556 g/mol. The topological polar surface area (TPSA) is 96.1 Å². The van der Waals surface area contributed by atoms with Crippen LogP contribution in [0, 0.1) is 0 Å². The van der Waals surface area contributed by atoms with Gasteiger partial charge in [0.15, 0.2) is 11.5 Å². The van der Waals surface area contributed by atoms with Crippen LogP contribution in [0.1, 0.15) is 11.1 Å². The molecule has 0 aliphatic heterocycles. The number of carbonyl (C=O) groups is 2. The lowest BCUT2D eigenvalue weighted by atomic mass is 10.1. The van der Waals surface area contributed by atoms with Crippen LogP contribution < -0.4 is 14.8 Å². The normalized spacial score (nSPS) is 11.0. The highest BCUT2D eigenvalue weighted by Crippen LogP contribution is 2.28. The van der Waals surface area contributed by atoms with Gasteiger partial charge in [0.05, 0.1) is 26.5 Å². The third kappa shape index (κ3) is 7.12. The number of benzene rings is 4. The Kier molecular flexibility index (Phi) is 9.99. The molecule has 0 saturated heterocycles. The Morgan fingerprint density at radius 2 is 1.55 bits per heavy atom. The number of nitrogens with zero attached hydrogens (tertiary/aromatic N) is 2. The van der Waals surface area contributed by atoms with Gasteiger partial charge >= 0.3 is 6.03 Å². The summed E-state index contributed by atoms with van der Waals surface area (Å²) in [6, 6.07) is 27.0. The van der Waals surface area contributed by atoms with Crippen molar-refractivity contribution >= 4 is 39.3 Å². The van der Waals surface area contributed by atoms with Gasteiger partial charge in [-0.15, -0.1) is 0 Å². The number of hydrogen-bond acceptors (Lipinski definition) is 5. The monoisotopic (exact) mass is 594 g/mol. The van der Waals surface area contributed by atoms with E-state index in [0.29, 0.717) is 43.3 Å². The lowest BCUT2D eigenvalue weighted by molar-refractivity contribution is -0.132. The van der Waals surface area contributed by atoms with E-state index in [-0.39, 0.29) is 25.0 Å². The smallest absolute Gasteiger partial charge is 0.322 e. The van der Waals surface area contributed by atoms with Crippen LogP contribution >= 0.6 is 0 Å². The summed E-state index contributed by atoms with van der Waals surface area (Å²) in [5.41, 5.74) is 3.75. The first-order valence-electron chi connectivity index (χ1n) is 14.6. The molecular formula is C35H38N4O5. The molecule has 0 fully saturated rings. The van der Waals surface area contributed by atoms with Gasteiger partial charge in [0.1, 0.15) is 6.54 Å². The third-order valence-corrected chi connectivity index (χ3v) is 7.71. The fourth-order valence-corrected chi connectivity index (χ4v) is 5.33. The molecule has 5 aromatic rings. The van der Waals surface area contributed by atoms with E-state index < -0.39 is 0 Å². The number of hydrogen-bond donors (Lipinski definition) is 2. The largest absolute Gasteiger partial charge is 0.493 e. The fourth-order valence-electron chi connectivity index (χ4n) is 5.33. The van der Waals surface area contributed by atoms with Gasteiger partial charge in [0.2, 0.25) is 5.91 Å². The Bertz CT molecular complexity index is 1730. The predicted molar refractivity (Wildman–Crippen MR) is 173 cm³/mol. The van der Waals surface area contributed by atoms with E-state index in [4.69, 9.17) is 14.2 Å². The maximum Gasteiger partial charge on any atom is 0.322 e. The second-order valence-electron chi connectivity index (χ2n) is 10.5. The number of amides is 3. The van der Waals surface area contributed by atoms with Crippen LogP contribution in [0.25, 0.3) is 21.7 Å². The minimum atomic E-state index is -0.366. The molecule has 228 valence electrons. The molecule has 9 heteroatoms. The maximum absolute atomic E-state index is 14.0. The van der Waals surface area contributed by atoms with Crippen LogP contribution in [0.5, 0.6) is 11.5 Å². The summed E-state index contributed by atoms with van der Waals surface area (Å²) in [4.78, 5) is 34.2. The lowest BCUT2D eigenvalue weighted by Crippen LogP contribution is -2.46. The van der Waals surface area contributed by atoms with E-state index in [2.05, 4.69) is 16.4 Å². The molecule has 44 heavy (non-hydrogen) atoms. The van der Waals surface area contributed by atoms with Crippen LogP contribution in [0.15, 0.2) is 91.1 Å². The summed E-state index contributed by atoms with van der Waals surface area (Å²) in [7, 11) is 4.75. The zero-order valence-electron chi connectivity index (χ0n) is 25.3. The molecule has 1 aromatic heterocycles. The average molecular weight is 595 g/mol. The summed E-state index contributed by atoms with van der Waals surface area (Å²) >= 11 is 0. The number of aromatic amines is 1. The van der Waals surface area contributed by atoms with Crippen molar-refractivity contribution < 1.29 is 23.8 Å². The summed E-state index contributed by atoms with van der Waals surface area (Å²) in [6.07, 6.45) is 2.63. The predicted octanol–water partition coefficient (Wildman–Crippen LogP) is 6.09. The Labute approximate surface area is 257 Å². The SMILES string of the molecule is COCCN(CC(=O)N(CCc1c[nH]c2ccccc12)Cc1ccc(OC)c(OC)c1)C(=O)Nc1cccc2ccccc12. The molecule has 3 amide bonds. The molecule has 0 aliphatic carbocycles. The van der Waals surface area contributed by atoms with Crippen molar-refractivity contribution in [1.82, 2.24) is 14.8 Å². The van der Waals surface area contributed by atoms with Crippen LogP contribution in [0.2, 0.25) is 0 Å². The molecule has 0 bridgehead atoms. The molecule has 2 N–H and O–H groups in total. The standard InChI is InChI=1S/C35H38N4O5/c1-42-20-19-39(35(41)37-31-14-8-10-26-9-4-5-11-28(26)31)24-34(40)38(23-25-15-16-32(43-2)33(21-25)44-3)18-17-27-22-36-30-13-7-6-12-29(27)30/h4-16,21-22,36H,17-20,23-24H2,1-3H3,(H,37,41). The molecule has 0 unspecified atom stereocenters. The van der Waals surface area contributed by atoms with Crippen LogP contribution in [-0.4, -0.2) is 74.3 Å². The third-order valence-electron chi connectivity index (χ3n) is 7.71. The first kappa shape index (κ1) is 30.4. The Balaban J connectivity index is 1.37. The van der Waals surface area contributed by atoms with Crippen molar-refractivity contribution in [3.63, 3.8) is 0 Å². The number of para-hydroxylation sites is 1. The number of methoxy groups -OCH3 is 3. The fraction of sp³-hybridized carbons (Fsp3) is 0.257. The Morgan fingerprint density at radius 3 is 2.34 bits per heavy atom. The van der Waals surface area contributed by atoms with Gasteiger partial charge in [-0.05, 0) is 47.2 Å².